The van der Waals surface area contributed by atoms with Gasteiger partial charge in [-0.15, -0.1) is 0 Å². The molecule has 0 aromatic rings. The zero-order valence-corrected chi connectivity index (χ0v) is 5.71. The van der Waals surface area contributed by atoms with Gasteiger partial charge in [-0.05, 0) is 18.9 Å². The Morgan fingerprint density at radius 3 is 3.00 bits per heavy atom. The molecule has 54 valence electrons. The smallest absolute Gasteiger partial charge is 0.241 e. The first-order valence-electron chi connectivity index (χ1n) is 3.30. The molecule has 1 rings (SSSR count). The van der Waals surface area contributed by atoms with Crippen LogP contribution in [-0.2, 0) is 4.79 Å². The van der Waals surface area contributed by atoms with E-state index in [4.69, 9.17) is 5.73 Å². The summed E-state index contributed by atoms with van der Waals surface area (Å²) < 4.78 is 0. The molecule has 3 heteroatoms. The Morgan fingerprint density at radius 2 is 2.50 bits per heavy atom. The van der Waals surface area contributed by atoms with Crippen molar-refractivity contribution in [2.24, 2.45) is 10.7 Å². The van der Waals surface area contributed by atoms with Crippen molar-refractivity contribution in [2.75, 3.05) is 6.54 Å². The normalized spacial score (nSPS) is 17.8. The first kappa shape index (κ1) is 6.99. The van der Waals surface area contributed by atoms with Crippen molar-refractivity contribution in [1.29, 1.82) is 0 Å². The van der Waals surface area contributed by atoms with Crippen molar-refractivity contribution in [2.45, 2.75) is 12.8 Å². The molecular weight excluding hydrogens is 128 g/mol. The van der Waals surface area contributed by atoms with Gasteiger partial charge in [0.15, 0.2) is 0 Å². The maximum absolute atomic E-state index is 10.2. The van der Waals surface area contributed by atoms with Gasteiger partial charge < -0.3 is 5.73 Å². The van der Waals surface area contributed by atoms with E-state index >= 15 is 0 Å². The number of carbonyl (C=O) groups is 1. The number of allylic oxidation sites excluding steroid dienone is 1. The van der Waals surface area contributed by atoms with E-state index in [1.807, 2.05) is 0 Å². The minimum absolute atomic E-state index is 0.408. The second-order valence-corrected chi connectivity index (χ2v) is 2.21. The number of rotatable bonds is 2. The number of aliphatic imine (C=N–C) groups is 1. The summed E-state index contributed by atoms with van der Waals surface area (Å²) in [5.41, 5.74) is 5.87. The van der Waals surface area contributed by atoms with Gasteiger partial charge in [0.05, 0.1) is 0 Å². The first-order chi connectivity index (χ1) is 4.79. The van der Waals surface area contributed by atoms with Crippen LogP contribution in [0.5, 0.6) is 0 Å². The predicted molar refractivity (Wildman–Crippen MR) is 39.9 cm³/mol. The average Bonchev–Trinajstić information content (AvgIpc) is 2.34. The summed E-state index contributed by atoms with van der Waals surface area (Å²) in [5, 5.41) is 0. The highest BCUT2D eigenvalue weighted by Crippen LogP contribution is 2.03. The Labute approximate surface area is 59.6 Å². The summed E-state index contributed by atoms with van der Waals surface area (Å²) >= 11 is 0. The molecule has 0 aliphatic carbocycles. The van der Waals surface area contributed by atoms with Crippen molar-refractivity contribution in [3.8, 4) is 0 Å². The molecular formula is C7H10N2O. The fourth-order valence-electron chi connectivity index (χ4n) is 0.876. The fourth-order valence-corrected chi connectivity index (χ4v) is 0.876. The predicted octanol–water partition coefficient (Wildman–Crippen LogP) is 0.263. The molecule has 0 fully saturated rings. The number of nitrogens with zero attached hydrogens (tertiary/aromatic N) is 1. The number of carbonyl (C=O) groups excluding carboxylic acids is 1. The van der Waals surface area contributed by atoms with E-state index in [-0.39, 0.29) is 0 Å². The number of primary amides is 1. The van der Waals surface area contributed by atoms with Crippen molar-refractivity contribution >= 4 is 11.6 Å². The molecule has 10 heavy (non-hydrogen) atoms. The van der Waals surface area contributed by atoms with Crippen LogP contribution in [0.25, 0.3) is 0 Å². The lowest BCUT2D eigenvalue weighted by atomic mass is 10.2. The maximum atomic E-state index is 10.2. The third-order valence-electron chi connectivity index (χ3n) is 1.35. The van der Waals surface area contributed by atoms with Crippen LogP contribution in [-0.4, -0.2) is 18.2 Å². The van der Waals surface area contributed by atoms with Crippen LogP contribution in [0.2, 0.25) is 0 Å². The minimum Gasteiger partial charge on any atom is -0.366 e. The van der Waals surface area contributed by atoms with Crippen molar-refractivity contribution in [3.63, 3.8) is 0 Å². The van der Waals surface area contributed by atoms with Gasteiger partial charge in [0.1, 0.15) is 0 Å². The highest BCUT2D eigenvalue weighted by molar-refractivity contribution is 6.00. The Morgan fingerprint density at radius 1 is 1.70 bits per heavy atom. The molecule has 0 aromatic carbocycles. The van der Waals surface area contributed by atoms with Crippen LogP contribution in [0.4, 0.5) is 0 Å². The summed E-state index contributed by atoms with van der Waals surface area (Å²) in [7, 11) is 0. The maximum Gasteiger partial charge on any atom is 0.241 e. The summed E-state index contributed by atoms with van der Waals surface area (Å²) in [4.78, 5) is 14.4. The van der Waals surface area contributed by atoms with Crippen LogP contribution in [0, 0.1) is 0 Å². The molecule has 3 nitrogen and oxygen atoms in total. The standard InChI is InChI=1S/C7H10N2O/c8-7(10)4-3-6-2-1-5-9-6/h3-4H,1-2,5H2,(H2,8,10). The lowest BCUT2D eigenvalue weighted by molar-refractivity contribution is -0.113. The van der Waals surface area contributed by atoms with E-state index in [9.17, 15) is 4.79 Å². The molecule has 0 bridgehead atoms. The Bertz CT molecular complexity index is 194. The van der Waals surface area contributed by atoms with Crippen LogP contribution < -0.4 is 5.73 Å². The van der Waals surface area contributed by atoms with Gasteiger partial charge in [-0.2, -0.15) is 0 Å². The zero-order valence-electron chi connectivity index (χ0n) is 5.71. The highest BCUT2D eigenvalue weighted by Gasteiger charge is 2.01. The van der Waals surface area contributed by atoms with Crippen LogP contribution in [0.1, 0.15) is 12.8 Å². The van der Waals surface area contributed by atoms with E-state index in [2.05, 4.69) is 4.99 Å². The molecule has 0 aromatic heterocycles. The average molecular weight is 138 g/mol. The first-order valence-corrected chi connectivity index (χ1v) is 3.30. The van der Waals surface area contributed by atoms with Gasteiger partial charge in [-0.25, -0.2) is 0 Å². The van der Waals surface area contributed by atoms with E-state index in [0.29, 0.717) is 0 Å². The lowest BCUT2D eigenvalue weighted by Crippen LogP contribution is -2.06. The second-order valence-electron chi connectivity index (χ2n) is 2.21. The number of amides is 1. The molecule has 0 atom stereocenters. The van der Waals surface area contributed by atoms with Gasteiger partial charge in [-0.1, -0.05) is 0 Å². The van der Waals surface area contributed by atoms with Crippen molar-refractivity contribution < 1.29 is 4.79 Å². The lowest BCUT2D eigenvalue weighted by Gasteiger charge is -1.85. The Balaban J connectivity index is 2.44. The summed E-state index contributed by atoms with van der Waals surface area (Å²) in [6.45, 7) is 0.887. The number of nitrogens with two attached hydrogens (primary N) is 1. The summed E-state index contributed by atoms with van der Waals surface area (Å²) in [6.07, 6.45) is 5.11. The monoisotopic (exact) mass is 138 g/mol. The van der Waals surface area contributed by atoms with Gasteiger partial charge in [-0.3, -0.25) is 9.79 Å². The Hall–Kier alpha value is -1.12. The van der Waals surface area contributed by atoms with E-state index in [1.54, 1.807) is 6.08 Å². The van der Waals surface area contributed by atoms with Gasteiger partial charge in [0, 0.05) is 18.3 Å². The van der Waals surface area contributed by atoms with Crippen LogP contribution >= 0.6 is 0 Å². The number of hydrogen-bond acceptors (Lipinski definition) is 2. The van der Waals surface area contributed by atoms with Crippen molar-refractivity contribution in [3.05, 3.63) is 12.2 Å². The van der Waals surface area contributed by atoms with Crippen LogP contribution in [0.3, 0.4) is 0 Å². The molecule has 1 amide bonds. The Kier molecular flexibility index (Phi) is 2.20. The summed E-state index contributed by atoms with van der Waals surface area (Å²) in [6, 6.07) is 0. The molecule has 2 N–H and O–H groups in total. The quantitative estimate of drug-likeness (QED) is 0.547. The van der Waals surface area contributed by atoms with Gasteiger partial charge in [0.25, 0.3) is 0 Å². The van der Waals surface area contributed by atoms with Gasteiger partial charge >= 0.3 is 0 Å². The third-order valence-corrected chi connectivity index (χ3v) is 1.35. The van der Waals surface area contributed by atoms with Crippen molar-refractivity contribution in [1.82, 2.24) is 0 Å². The largest absolute Gasteiger partial charge is 0.366 e. The molecule has 0 spiro atoms. The molecule has 0 unspecified atom stereocenters. The highest BCUT2D eigenvalue weighted by atomic mass is 16.1. The summed E-state index contributed by atoms with van der Waals surface area (Å²) in [5.74, 6) is -0.408. The van der Waals surface area contributed by atoms with E-state index in [0.717, 1.165) is 25.1 Å². The molecule has 1 aliphatic heterocycles. The molecule has 1 heterocycles. The second kappa shape index (κ2) is 3.15. The minimum atomic E-state index is -0.408. The SMILES string of the molecule is NC(=O)C=CC1=NCCC1. The molecule has 0 saturated heterocycles. The zero-order chi connectivity index (χ0) is 7.40. The van der Waals surface area contributed by atoms with E-state index < -0.39 is 5.91 Å². The van der Waals surface area contributed by atoms with Crippen LogP contribution in [0.15, 0.2) is 17.1 Å². The van der Waals surface area contributed by atoms with Gasteiger partial charge in [0.2, 0.25) is 5.91 Å². The third kappa shape index (κ3) is 2.01. The molecule has 1 aliphatic rings. The topological polar surface area (TPSA) is 55.5 Å². The van der Waals surface area contributed by atoms with E-state index in [1.165, 1.54) is 6.08 Å². The molecule has 0 saturated carbocycles. The number of hydrogen-bond donors (Lipinski definition) is 1. The fraction of sp³-hybridized carbons (Fsp3) is 0.429. The molecule has 0 radical (unpaired) electrons.